The second kappa shape index (κ2) is 8.17. The molecule has 0 unspecified atom stereocenters. The smallest absolute Gasteiger partial charge is 0.0446 e. The van der Waals surface area contributed by atoms with E-state index in [-0.39, 0.29) is 0 Å². The predicted molar refractivity (Wildman–Crippen MR) is 121 cm³/mol. The van der Waals surface area contributed by atoms with Crippen LogP contribution >= 0.6 is 0 Å². The van der Waals surface area contributed by atoms with Crippen LogP contribution in [-0.2, 0) is 0 Å². The van der Waals surface area contributed by atoms with Crippen LogP contribution in [0.4, 0.5) is 5.69 Å². The van der Waals surface area contributed by atoms with E-state index in [1.54, 1.807) is 0 Å². The van der Waals surface area contributed by atoms with Gasteiger partial charge in [0, 0.05) is 24.2 Å². The van der Waals surface area contributed by atoms with E-state index in [0.29, 0.717) is 0 Å². The minimum Gasteiger partial charge on any atom is -0.371 e. The largest absolute Gasteiger partial charge is 0.371 e. The van der Waals surface area contributed by atoms with E-state index >= 15 is 0 Å². The van der Waals surface area contributed by atoms with E-state index in [1.807, 2.05) is 0 Å². The first-order chi connectivity index (χ1) is 13.3. The van der Waals surface area contributed by atoms with Gasteiger partial charge in [0.25, 0.3) is 0 Å². The van der Waals surface area contributed by atoms with Gasteiger partial charge >= 0.3 is 0 Å². The van der Waals surface area contributed by atoms with Gasteiger partial charge in [-0.25, -0.2) is 0 Å². The topological polar surface area (TPSA) is 3.24 Å². The summed E-state index contributed by atoms with van der Waals surface area (Å²) in [6, 6.07) is 20.6. The van der Waals surface area contributed by atoms with Crippen molar-refractivity contribution in [1.29, 1.82) is 0 Å². The van der Waals surface area contributed by atoms with Crippen LogP contribution in [0.2, 0.25) is 0 Å². The molecule has 0 spiro atoms. The second-order valence-electron chi connectivity index (χ2n) is 7.84. The highest BCUT2D eigenvalue weighted by Crippen LogP contribution is 2.39. The van der Waals surface area contributed by atoms with Gasteiger partial charge in [-0.1, -0.05) is 88.1 Å². The fourth-order valence-corrected chi connectivity index (χ4v) is 4.45. The van der Waals surface area contributed by atoms with Crippen LogP contribution < -0.4 is 4.90 Å². The number of hydrogen-bond donors (Lipinski definition) is 0. The van der Waals surface area contributed by atoms with E-state index in [1.165, 1.54) is 89.6 Å². The van der Waals surface area contributed by atoms with E-state index in [9.17, 15) is 0 Å². The molecule has 0 saturated carbocycles. The second-order valence-corrected chi connectivity index (χ2v) is 7.84. The first-order valence-corrected chi connectivity index (χ1v) is 10.7. The minimum absolute atomic E-state index is 1.17. The highest BCUT2D eigenvalue weighted by Gasteiger charge is 2.14. The van der Waals surface area contributed by atoms with Gasteiger partial charge in [-0.15, -0.1) is 0 Å². The molecule has 0 amide bonds. The predicted octanol–water partition coefficient (Wildman–Crippen LogP) is 7.77. The first-order valence-electron chi connectivity index (χ1n) is 10.7. The fourth-order valence-electron chi connectivity index (χ4n) is 4.45. The SMILES string of the molecule is CCCCCN(CCCCC)c1ccc2ccc3cccc4ccc1c2c34. The van der Waals surface area contributed by atoms with Crippen molar-refractivity contribution in [1.82, 2.24) is 0 Å². The summed E-state index contributed by atoms with van der Waals surface area (Å²) in [5.74, 6) is 0. The molecule has 1 nitrogen and oxygen atoms in total. The standard InChI is InChI=1S/C26H31N/c1-3-5-7-18-27(19-8-6-4-2)24-17-15-22-13-12-20-10-9-11-21-14-16-23(24)26(22)25(20)21/h9-17H,3-8,18-19H2,1-2H3. The van der Waals surface area contributed by atoms with E-state index < -0.39 is 0 Å². The van der Waals surface area contributed by atoms with E-state index in [4.69, 9.17) is 0 Å². The lowest BCUT2D eigenvalue weighted by Crippen LogP contribution is -2.26. The molecule has 0 atom stereocenters. The lowest BCUT2D eigenvalue weighted by Gasteiger charge is -2.27. The van der Waals surface area contributed by atoms with Crippen molar-refractivity contribution in [3.8, 4) is 0 Å². The highest BCUT2D eigenvalue weighted by atomic mass is 15.1. The van der Waals surface area contributed by atoms with E-state index in [2.05, 4.69) is 73.3 Å². The molecule has 0 saturated heterocycles. The Bertz CT molecular complexity index is 991. The average Bonchev–Trinajstić information content (AvgIpc) is 2.71. The Labute approximate surface area is 163 Å². The zero-order valence-electron chi connectivity index (χ0n) is 16.8. The number of nitrogens with zero attached hydrogens (tertiary/aromatic N) is 1. The molecule has 4 aromatic carbocycles. The molecule has 4 rings (SSSR count). The molecular formula is C26H31N. The molecule has 1 heteroatoms. The third-order valence-corrected chi connectivity index (χ3v) is 5.91. The normalized spacial score (nSPS) is 11.8. The maximum absolute atomic E-state index is 2.65. The number of anilines is 1. The lowest BCUT2D eigenvalue weighted by molar-refractivity contribution is 0.638. The third kappa shape index (κ3) is 3.48. The molecule has 0 aliphatic heterocycles. The van der Waals surface area contributed by atoms with Crippen molar-refractivity contribution in [2.75, 3.05) is 18.0 Å². The van der Waals surface area contributed by atoms with Gasteiger partial charge in [-0.3, -0.25) is 0 Å². The first kappa shape index (κ1) is 18.1. The van der Waals surface area contributed by atoms with Crippen molar-refractivity contribution in [2.45, 2.75) is 52.4 Å². The molecule has 4 aromatic rings. The number of rotatable bonds is 9. The molecule has 0 aromatic heterocycles. The number of hydrogen-bond acceptors (Lipinski definition) is 1. The Morgan fingerprint density at radius 3 is 1.78 bits per heavy atom. The number of benzene rings is 4. The molecule has 0 aliphatic carbocycles. The van der Waals surface area contributed by atoms with Gasteiger partial charge in [0.15, 0.2) is 0 Å². The Balaban J connectivity index is 1.82. The highest BCUT2D eigenvalue weighted by molar-refractivity contribution is 6.25. The molecule has 27 heavy (non-hydrogen) atoms. The van der Waals surface area contributed by atoms with Crippen LogP contribution in [-0.4, -0.2) is 13.1 Å². The number of unbranched alkanes of at least 4 members (excludes halogenated alkanes) is 4. The summed E-state index contributed by atoms with van der Waals surface area (Å²) in [6.45, 7) is 6.91. The average molecular weight is 358 g/mol. The summed E-state index contributed by atoms with van der Waals surface area (Å²) in [7, 11) is 0. The molecule has 0 heterocycles. The third-order valence-electron chi connectivity index (χ3n) is 5.91. The Morgan fingerprint density at radius 1 is 0.593 bits per heavy atom. The maximum atomic E-state index is 2.65. The fraction of sp³-hybridized carbons (Fsp3) is 0.385. The van der Waals surface area contributed by atoms with Crippen molar-refractivity contribution >= 4 is 38.0 Å². The molecule has 140 valence electrons. The quantitative estimate of drug-likeness (QED) is 0.218. The van der Waals surface area contributed by atoms with Crippen LogP contribution in [0, 0.1) is 0 Å². The Morgan fingerprint density at radius 2 is 1.15 bits per heavy atom. The van der Waals surface area contributed by atoms with Gasteiger partial charge in [-0.2, -0.15) is 0 Å². The van der Waals surface area contributed by atoms with Gasteiger partial charge in [0.05, 0.1) is 0 Å². The summed E-state index contributed by atoms with van der Waals surface area (Å²) >= 11 is 0. The molecule has 0 bridgehead atoms. The van der Waals surface area contributed by atoms with Crippen molar-refractivity contribution in [3.63, 3.8) is 0 Å². The van der Waals surface area contributed by atoms with E-state index in [0.717, 1.165) is 0 Å². The van der Waals surface area contributed by atoms with Crippen LogP contribution in [0.25, 0.3) is 32.3 Å². The summed E-state index contributed by atoms with van der Waals surface area (Å²) in [4.78, 5) is 2.65. The van der Waals surface area contributed by atoms with Crippen molar-refractivity contribution in [3.05, 3.63) is 54.6 Å². The Hall–Kier alpha value is -2.28. The van der Waals surface area contributed by atoms with Gasteiger partial charge in [-0.05, 0) is 45.8 Å². The minimum atomic E-state index is 1.17. The van der Waals surface area contributed by atoms with Crippen LogP contribution in [0.15, 0.2) is 54.6 Å². The van der Waals surface area contributed by atoms with Crippen LogP contribution in [0.5, 0.6) is 0 Å². The summed E-state index contributed by atoms with van der Waals surface area (Å²) < 4.78 is 0. The molecular weight excluding hydrogens is 326 g/mol. The molecule has 0 aliphatic rings. The van der Waals surface area contributed by atoms with Gasteiger partial charge in [0.1, 0.15) is 0 Å². The zero-order chi connectivity index (χ0) is 18.6. The molecule has 0 fully saturated rings. The lowest BCUT2D eigenvalue weighted by atomic mass is 9.93. The molecule has 0 radical (unpaired) electrons. The van der Waals surface area contributed by atoms with Gasteiger partial charge in [0.2, 0.25) is 0 Å². The maximum Gasteiger partial charge on any atom is 0.0446 e. The summed E-state index contributed by atoms with van der Waals surface area (Å²) in [5, 5.41) is 8.36. The van der Waals surface area contributed by atoms with Crippen LogP contribution in [0.1, 0.15) is 52.4 Å². The monoisotopic (exact) mass is 357 g/mol. The van der Waals surface area contributed by atoms with Crippen molar-refractivity contribution < 1.29 is 0 Å². The van der Waals surface area contributed by atoms with Crippen molar-refractivity contribution in [2.24, 2.45) is 0 Å². The Kier molecular flexibility index (Phi) is 5.48. The molecule has 0 N–H and O–H groups in total. The van der Waals surface area contributed by atoms with Gasteiger partial charge < -0.3 is 4.90 Å². The summed E-state index contributed by atoms with van der Waals surface area (Å²) in [5.41, 5.74) is 1.42. The summed E-state index contributed by atoms with van der Waals surface area (Å²) in [6.07, 6.45) is 7.75. The van der Waals surface area contributed by atoms with Crippen LogP contribution in [0.3, 0.4) is 0 Å². The zero-order valence-corrected chi connectivity index (χ0v) is 16.8.